The second-order valence-electron chi connectivity index (χ2n) is 5.76. The van der Waals surface area contributed by atoms with E-state index in [1.54, 1.807) is 0 Å². The largest absolute Gasteiger partial charge is 0.399 e. The van der Waals surface area contributed by atoms with Crippen molar-refractivity contribution in [3.8, 4) is 0 Å². The van der Waals surface area contributed by atoms with E-state index >= 15 is 0 Å². The molecule has 1 aliphatic heterocycles. The number of benzene rings is 2. The van der Waals surface area contributed by atoms with Crippen LogP contribution in [0.4, 0.5) is 5.69 Å². The molecule has 0 radical (unpaired) electrons. The van der Waals surface area contributed by atoms with E-state index in [0.717, 1.165) is 18.8 Å². The van der Waals surface area contributed by atoms with Gasteiger partial charge < -0.3 is 5.73 Å². The summed E-state index contributed by atoms with van der Waals surface area (Å²) in [6, 6.07) is 17.1. The molecule has 20 heavy (non-hydrogen) atoms. The Hall–Kier alpha value is -1.80. The van der Waals surface area contributed by atoms with Crippen LogP contribution in [0.2, 0.25) is 0 Å². The van der Waals surface area contributed by atoms with Crippen molar-refractivity contribution in [1.82, 2.24) is 4.90 Å². The molecule has 2 aromatic carbocycles. The highest BCUT2D eigenvalue weighted by atomic mass is 15.1. The minimum Gasteiger partial charge on any atom is -0.399 e. The smallest absolute Gasteiger partial charge is 0.0346 e. The fraction of sp³-hybridized carbons (Fsp3) is 0.333. The Bertz CT molecular complexity index is 577. The third kappa shape index (κ3) is 2.70. The van der Waals surface area contributed by atoms with Gasteiger partial charge in [-0.2, -0.15) is 0 Å². The zero-order valence-electron chi connectivity index (χ0n) is 12.0. The SMILES string of the molecule is Cc1c(N)cccc1CN1CCC(c2ccccc2)C1. The summed E-state index contributed by atoms with van der Waals surface area (Å²) in [6.07, 6.45) is 1.26. The molecule has 2 aromatic rings. The van der Waals surface area contributed by atoms with Gasteiger partial charge >= 0.3 is 0 Å². The number of likely N-dealkylation sites (tertiary alicyclic amines) is 1. The maximum Gasteiger partial charge on any atom is 0.0346 e. The molecule has 1 heterocycles. The topological polar surface area (TPSA) is 29.3 Å². The quantitative estimate of drug-likeness (QED) is 0.861. The lowest BCUT2D eigenvalue weighted by atomic mass is 9.99. The molecule has 1 saturated heterocycles. The molecule has 0 aromatic heterocycles. The lowest BCUT2D eigenvalue weighted by molar-refractivity contribution is 0.326. The molecule has 0 aliphatic carbocycles. The van der Waals surface area contributed by atoms with Crippen LogP contribution in [0.5, 0.6) is 0 Å². The lowest BCUT2D eigenvalue weighted by Gasteiger charge is -2.18. The first-order valence-electron chi connectivity index (χ1n) is 7.35. The highest BCUT2D eigenvalue weighted by Crippen LogP contribution is 2.28. The van der Waals surface area contributed by atoms with Crippen molar-refractivity contribution < 1.29 is 0 Å². The molecule has 0 saturated carbocycles. The minimum atomic E-state index is 0.678. The van der Waals surface area contributed by atoms with Crippen molar-refractivity contribution in [2.75, 3.05) is 18.8 Å². The Morgan fingerprint density at radius 2 is 1.90 bits per heavy atom. The normalized spacial score (nSPS) is 19.4. The van der Waals surface area contributed by atoms with Gasteiger partial charge in [0, 0.05) is 18.8 Å². The van der Waals surface area contributed by atoms with E-state index < -0.39 is 0 Å². The maximum absolute atomic E-state index is 5.99. The summed E-state index contributed by atoms with van der Waals surface area (Å²) in [5.41, 5.74) is 11.0. The van der Waals surface area contributed by atoms with E-state index in [1.807, 2.05) is 6.07 Å². The standard InChI is InChI=1S/C18H22N2/c1-14-16(8-5-9-18(14)19)12-20-11-10-17(13-20)15-6-3-2-4-7-15/h2-9,17H,10-13,19H2,1H3. The number of hydrogen-bond acceptors (Lipinski definition) is 2. The van der Waals surface area contributed by atoms with Gasteiger partial charge in [0.15, 0.2) is 0 Å². The zero-order valence-corrected chi connectivity index (χ0v) is 12.0. The second-order valence-corrected chi connectivity index (χ2v) is 5.76. The van der Waals surface area contributed by atoms with Gasteiger partial charge in [-0.3, -0.25) is 4.90 Å². The first kappa shape index (κ1) is 13.2. The van der Waals surface area contributed by atoms with Crippen LogP contribution in [0.25, 0.3) is 0 Å². The molecule has 3 rings (SSSR count). The fourth-order valence-corrected chi connectivity index (χ4v) is 3.09. The Morgan fingerprint density at radius 3 is 2.70 bits per heavy atom. The van der Waals surface area contributed by atoms with Crippen LogP contribution in [0.3, 0.4) is 0 Å². The number of nitrogens with zero attached hydrogens (tertiary/aromatic N) is 1. The molecule has 1 unspecified atom stereocenters. The number of hydrogen-bond donors (Lipinski definition) is 1. The van der Waals surface area contributed by atoms with Gasteiger partial charge in [-0.25, -0.2) is 0 Å². The third-order valence-electron chi connectivity index (χ3n) is 4.43. The fourth-order valence-electron chi connectivity index (χ4n) is 3.09. The van der Waals surface area contributed by atoms with Crippen LogP contribution >= 0.6 is 0 Å². The van der Waals surface area contributed by atoms with Crippen LogP contribution in [0.1, 0.15) is 29.0 Å². The van der Waals surface area contributed by atoms with Crippen LogP contribution in [-0.2, 0) is 6.54 Å². The molecule has 2 N–H and O–H groups in total. The first-order chi connectivity index (χ1) is 9.74. The maximum atomic E-state index is 5.99. The molecule has 0 amide bonds. The Labute approximate surface area is 121 Å². The van der Waals surface area contributed by atoms with E-state index in [0.29, 0.717) is 5.92 Å². The lowest BCUT2D eigenvalue weighted by Crippen LogP contribution is -2.20. The van der Waals surface area contributed by atoms with Crippen LogP contribution in [0.15, 0.2) is 48.5 Å². The van der Waals surface area contributed by atoms with Crippen molar-refractivity contribution in [1.29, 1.82) is 0 Å². The van der Waals surface area contributed by atoms with Gasteiger partial charge in [0.25, 0.3) is 0 Å². The second kappa shape index (κ2) is 5.68. The van der Waals surface area contributed by atoms with E-state index in [1.165, 1.54) is 29.7 Å². The monoisotopic (exact) mass is 266 g/mol. The molecule has 104 valence electrons. The summed E-state index contributed by atoms with van der Waals surface area (Å²) in [6.45, 7) is 5.46. The van der Waals surface area contributed by atoms with Gasteiger partial charge in [-0.15, -0.1) is 0 Å². The summed E-state index contributed by atoms with van der Waals surface area (Å²) in [5.74, 6) is 0.678. The van der Waals surface area contributed by atoms with Gasteiger partial charge in [-0.1, -0.05) is 42.5 Å². The molecule has 2 nitrogen and oxygen atoms in total. The van der Waals surface area contributed by atoms with E-state index in [4.69, 9.17) is 5.73 Å². The van der Waals surface area contributed by atoms with Crippen molar-refractivity contribution in [3.05, 3.63) is 65.2 Å². The average Bonchev–Trinajstić information content (AvgIpc) is 2.93. The van der Waals surface area contributed by atoms with Crippen molar-refractivity contribution in [2.45, 2.75) is 25.8 Å². The molecule has 1 fully saturated rings. The van der Waals surface area contributed by atoms with Crippen molar-refractivity contribution in [3.63, 3.8) is 0 Å². The van der Waals surface area contributed by atoms with Gasteiger partial charge in [0.1, 0.15) is 0 Å². The third-order valence-corrected chi connectivity index (χ3v) is 4.43. The highest BCUT2D eigenvalue weighted by Gasteiger charge is 2.23. The van der Waals surface area contributed by atoms with Gasteiger partial charge in [0.2, 0.25) is 0 Å². The van der Waals surface area contributed by atoms with E-state index in [2.05, 4.69) is 54.3 Å². The van der Waals surface area contributed by atoms with Crippen LogP contribution in [-0.4, -0.2) is 18.0 Å². The van der Waals surface area contributed by atoms with Gasteiger partial charge in [-0.05, 0) is 48.6 Å². The Kier molecular flexibility index (Phi) is 3.75. The van der Waals surface area contributed by atoms with E-state index in [-0.39, 0.29) is 0 Å². The summed E-state index contributed by atoms with van der Waals surface area (Å²) >= 11 is 0. The predicted octanol–water partition coefficient (Wildman–Crippen LogP) is 3.57. The molecule has 1 aliphatic rings. The van der Waals surface area contributed by atoms with Crippen molar-refractivity contribution in [2.24, 2.45) is 0 Å². The molecule has 0 bridgehead atoms. The predicted molar refractivity (Wildman–Crippen MR) is 84.7 cm³/mol. The molecule has 0 spiro atoms. The average molecular weight is 266 g/mol. The summed E-state index contributed by atoms with van der Waals surface area (Å²) in [4.78, 5) is 2.54. The molecule has 2 heteroatoms. The summed E-state index contributed by atoms with van der Waals surface area (Å²) < 4.78 is 0. The zero-order chi connectivity index (χ0) is 13.9. The number of rotatable bonds is 3. The first-order valence-corrected chi connectivity index (χ1v) is 7.35. The number of nitrogen functional groups attached to an aromatic ring is 1. The van der Waals surface area contributed by atoms with E-state index in [9.17, 15) is 0 Å². The highest BCUT2D eigenvalue weighted by molar-refractivity contribution is 5.49. The molecular formula is C18H22N2. The number of anilines is 1. The Balaban J connectivity index is 1.68. The van der Waals surface area contributed by atoms with Crippen molar-refractivity contribution >= 4 is 5.69 Å². The summed E-state index contributed by atoms with van der Waals surface area (Å²) in [7, 11) is 0. The van der Waals surface area contributed by atoms with Crippen LogP contribution < -0.4 is 5.73 Å². The molecule has 1 atom stereocenters. The number of nitrogens with two attached hydrogens (primary N) is 1. The van der Waals surface area contributed by atoms with Gasteiger partial charge in [0.05, 0.1) is 0 Å². The van der Waals surface area contributed by atoms with Crippen LogP contribution in [0, 0.1) is 6.92 Å². The summed E-state index contributed by atoms with van der Waals surface area (Å²) in [5, 5.41) is 0. The minimum absolute atomic E-state index is 0.678. The molecular weight excluding hydrogens is 244 g/mol. The Morgan fingerprint density at radius 1 is 1.10 bits per heavy atom.